The minimum absolute atomic E-state index is 0.0848. The van der Waals surface area contributed by atoms with Crippen LogP contribution < -0.4 is 0 Å². The second-order valence-electron chi connectivity index (χ2n) is 5.44. The predicted octanol–water partition coefficient (Wildman–Crippen LogP) is 2.85. The van der Waals surface area contributed by atoms with Gasteiger partial charge in [0, 0.05) is 13.1 Å². The number of hydrogen-bond acceptors (Lipinski definition) is 1. The summed E-state index contributed by atoms with van der Waals surface area (Å²) in [7, 11) is 0. The maximum Gasteiger partial charge on any atom is 0.245 e. The lowest BCUT2D eigenvalue weighted by molar-refractivity contribution is -0.128. The molecule has 0 aromatic carbocycles. The zero-order valence-electron chi connectivity index (χ0n) is 10.3. The summed E-state index contributed by atoms with van der Waals surface area (Å²) >= 11 is 0. The molecule has 0 bridgehead atoms. The van der Waals surface area contributed by atoms with E-state index in [1.54, 1.807) is 0 Å². The highest BCUT2D eigenvalue weighted by Crippen LogP contribution is 2.36. The van der Waals surface area contributed by atoms with Gasteiger partial charge in [0.05, 0.1) is 0 Å². The van der Waals surface area contributed by atoms with Gasteiger partial charge < -0.3 is 4.90 Å². The molecule has 1 fully saturated rings. The van der Waals surface area contributed by atoms with E-state index in [4.69, 9.17) is 0 Å². The molecule has 1 aliphatic rings. The monoisotopic (exact) mass is 209 g/mol. The van der Waals surface area contributed by atoms with Crippen LogP contribution in [-0.2, 0) is 4.79 Å². The van der Waals surface area contributed by atoms with E-state index in [2.05, 4.69) is 27.4 Å². The summed E-state index contributed by atoms with van der Waals surface area (Å²) in [4.78, 5) is 13.3. The van der Waals surface area contributed by atoms with Gasteiger partial charge in [-0.15, -0.1) is 0 Å². The molecule has 0 N–H and O–H groups in total. The lowest BCUT2D eigenvalue weighted by atomic mass is 9.74. The molecule has 0 spiro atoms. The van der Waals surface area contributed by atoms with E-state index >= 15 is 0 Å². The molecule has 2 nitrogen and oxygen atoms in total. The molecule has 1 aliphatic heterocycles. The molecule has 0 aromatic rings. The van der Waals surface area contributed by atoms with Crippen molar-refractivity contribution in [2.24, 2.45) is 11.3 Å². The molecule has 15 heavy (non-hydrogen) atoms. The summed E-state index contributed by atoms with van der Waals surface area (Å²) in [6.45, 7) is 12.2. The minimum Gasteiger partial charge on any atom is -0.339 e. The summed E-state index contributed by atoms with van der Waals surface area (Å²) in [5.41, 5.74) is 0.437. The first-order valence-electron chi connectivity index (χ1n) is 5.88. The van der Waals surface area contributed by atoms with Gasteiger partial charge in [0.15, 0.2) is 0 Å². The van der Waals surface area contributed by atoms with Gasteiger partial charge in [-0.25, -0.2) is 0 Å². The quantitative estimate of drug-likeness (QED) is 0.654. The highest BCUT2D eigenvalue weighted by atomic mass is 16.2. The molecule has 0 atom stereocenters. The molecule has 0 unspecified atom stereocenters. The van der Waals surface area contributed by atoms with Crippen LogP contribution in [0.25, 0.3) is 0 Å². The third-order valence-corrected chi connectivity index (χ3v) is 3.36. The van der Waals surface area contributed by atoms with E-state index < -0.39 is 0 Å². The topological polar surface area (TPSA) is 20.3 Å². The fraction of sp³-hybridized carbons (Fsp3) is 0.769. The molecule has 1 amide bonds. The number of likely N-dealkylation sites (tertiary alicyclic amines) is 1. The van der Waals surface area contributed by atoms with E-state index in [-0.39, 0.29) is 5.91 Å². The zero-order valence-corrected chi connectivity index (χ0v) is 10.3. The highest BCUT2D eigenvalue weighted by molar-refractivity contribution is 5.87. The van der Waals surface area contributed by atoms with Gasteiger partial charge in [-0.3, -0.25) is 4.79 Å². The summed E-state index contributed by atoms with van der Waals surface area (Å²) in [5, 5.41) is 0. The van der Waals surface area contributed by atoms with Gasteiger partial charge in [-0.1, -0.05) is 27.4 Å². The van der Waals surface area contributed by atoms with Crippen molar-refractivity contribution in [1.82, 2.24) is 4.90 Å². The zero-order chi connectivity index (χ0) is 11.5. The van der Waals surface area contributed by atoms with Crippen molar-refractivity contribution in [1.29, 1.82) is 0 Å². The van der Waals surface area contributed by atoms with Gasteiger partial charge in [-0.05, 0) is 36.7 Å². The third kappa shape index (κ3) is 3.37. The predicted molar refractivity (Wildman–Crippen MR) is 63.6 cm³/mol. The number of carbonyl (C=O) groups is 1. The summed E-state index contributed by atoms with van der Waals surface area (Å²) in [6, 6.07) is 0. The van der Waals surface area contributed by atoms with Crippen LogP contribution in [0, 0.1) is 11.3 Å². The van der Waals surface area contributed by atoms with Crippen LogP contribution >= 0.6 is 0 Å². The molecule has 2 heteroatoms. The standard InChI is InChI=1S/C13H23NO/c1-5-12(15)14-8-6-13(4,7-9-14)10-11(2)3/h5,11H,1,6-10H2,2-4H3. The Morgan fingerprint density at radius 2 is 2.00 bits per heavy atom. The first-order valence-corrected chi connectivity index (χ1v) is 5.88. The van der Waals surface area contributed by atoms with E-state index in [0.717, 1.165) is 31.8 Å². The average Bonchev–Trinajstić information content (AvgIpc) is 2.16. The Balaban J connectivity index is 2.47. The van der Waals surface area contributed by atoms with Crippen molar-refractivity contribution >= 4 is 5.91 Å². The Morgan fingerprint density at radius 1 is 1.47 bits per heavy atom. The van der Waals surface area contributed by atoms with Crippen molar-refractivity contribution in [3.63, 3.8) is 0 Å². The molecule has 0 saturated carbocycles. The molecule has 0 aliphatic carbocycles. The molecular weight excluding hydrogens is 186 g/mol. The van der Waals surface area contributed by atoms with E-state index in [0.29, 0.717) is 5.41 Å². The first-order chi connectivity index (χ1) is 6.97. The number of rotatable bonds is 3. The minimum atomic E-state index is 0.0848. The van der Waals surface area contributed by atoms with Crippen molar-refractivity contribution in [3.05, 3.63) is 12.7 Å². The molecular formula is C13H23NO. The molecule has 1 saturated heterocycles. The molecule has 1 heterocycles. The smallest absolute Gasteiger partial charge is 0.245 e. The highest BCUT2D eigenvalue weighted by Gasteiger charge is 2.31. The Hall–Kier alpha value is -0.790. The second kappa shape index (κ2) is 4.82. The van der Waals surface area contributed by atoms with Crippen LogP contribution in [0.3, 0.4) is 0 Å². The largest absolute Gasteiger partial charge is 0.339 e. The van der Waals surface area contributed by atoms with Gasteiger partial charge in [0.25, 0.3) is 0 Å². The van der Waals surface area contributed by atoms with Crippen molar-refractivity contribution < 1.29 is 4.79 Å². The Morgan fingerprint density at radius 3 is 2.40 bits per heavy atom. The van der Waals surface area contributed by atoms with Crippen molar-refractivity contribution in [3.8, 4) is 0 Å². The number of hydrogen-bond donors (Lipinski definition) is 0. The second-order valence-corrected chi connectivity index (χ2v) is 5.44. The fourth-order valence-corrected chi connectivity index (χ4v) is 2.59. The molecule has 86 valence electrons. The van der Waals surface area contributed by atoms with Gasteiger partial charge in [0.1, 0.15) is 0 Å². The van der Waals surface area contributed by atoms with Crippen LogP contribution in [0.1, 0.15) is 40.0 Å². The van der Waals surface area contributed by atoms with E-state index in [1.807, 2.05) is 4.90 Å². The summed E-state index contributed by atoms with van der Waals surface area (Å²) < 4.78 is 0. The Bertz CT molecular complexity index is 237. The third-order valence-electron chi connectivity index (χ3n) is 3.36. The number of nitrogens with zero attached hydrogens (tertiary/aromatic N) is 1. The summed E-state index contributed by atoms with van der Waals surface area (Å²) in [6.07, 6.45) is 4.95. The van der Waals surface area contributed by atoms with E-state index in [1.165, 1.54) is 12.5 Å². The molecule has 0 aromatic heterocycles. The van der Waals surface area contributed by atoms with Gasteiger partial charge in [0.2, 0.25) is 5.91 Å². The maximum absolute atomic E-state index is 11.4. The summed E-state index contributed by atoms with van der Waals surface area (Å²) in [5.74, 6) is 0.832. The van der Waals surface area contributed by atoms with Crippen molar-refractivity contribution in [2.75, 3.05) is 13.1 Å². The van der Waals surface area contributed by atoms with Gasteiger partial charge >= 0.3 is 0 Å². The first kappa shape index (κ1) is 12.3. The number of carbonyl (C=O) groups excluding carboxylic acids is 1. The molecule has 0 radical (unpaired) electrons. The maximum atomic E-state index is 11.4. The van der Waals surface area contributed by atoms with Crippen LogP contribution in [0.4, 0.5) is 0 Å². The Labute approximate surface area is 93.3 Å². The van der Waals surface area contributed by atoms with E-state index in [9.17, 15) is 4.79 Å². The van der Waals surface area contributed by atoms with Crippen LogP contribution in [0.2, 0.25) is 0 Å². The van der Waals surface area contributed by atoms with Crippen LogP contribution in [-0.4, -0.2) is 23.9 Å². The number of amides is 1. The average molecular weight is 209 g/mol. The van der Waals surface area contributed by atoms with Crippen LogP contribution in [0.5, 0.6) is 0 Å². The number of piperidine rings is 1. The van der Waals surface area contributed by atoms with Gasteiger partial charge in [-0.2, -0.15) is 0 Å². The lowest BCUT2D eigenvalue weighted by Crippen LogP contribution is -2.41. The van der Waals surface area contributed by atoms with Crippen molar-refractivity contribution in [2.45, 2.75) is 40.0 Å². The normalized spacial score (nSPS) is 20.4. The lowest BCUT2D eigenvalue weighted by Gasteiger charge is -2.40. The van der Waals surface area contributed by atoms with Crippen LogP contribution in [0.15, 0.2) is 12.7 Å². The molecule has 1 rings (SSSR count). The fourth-order valence-electron chi connectivity index (χ4n) is 2.59. The SMILES string of the molecule is C=CC(=O)N1CCC(C)(CC(C)C)CC1. The Kier molecular flexibility index (Phi) is 3.95.